The summed E-state index contributed by atoms with van der Waals surface area (Å²) < 4.78 is 7.31. The van der Waals surface area contributed by atoms with Crippen molar-refractivity contribution in [1.29, 1.82) is 0 Å². The highest BCUT2D eigenvalue weighted by atomic mass is 32.1. The molecule has 0 aliphatic heterocycles. The third-order valence-electron chi connectivity index (χ3n) is 4.66. The number of carbonyl (C=O) groups is 2. The fourth-order valence-corrected chi connectivity index (χ4v) is 3.82. The minimum absolute atomic E-state index is 0.0306. The summed E-state index contributed by atoms with van der Waals surface area (Å²) >= 11 is 1.73. The third kappa shape index (κ3) is 5.29. The molecule has 0 fully saturated rings. The van der Waals surface area contributed by atoms with Crippen LogP contribution in [0, 0.1) is 13.8 Å². The molecule has 0 radical (unpaired) electrons. The Hall–Kier alpha value is -3.00. The first-order chi connectivity index (χ1) is 14.0. The number of carbonyl (C=O) groups excluding carboxylic acids is 2. The molecular weight excluding hydrogens is 388 g/mol. The standard InChI is InChI=1S/C21H24N4O3S/c1-15-12-18(16(2)25(15)10-7-17-6-4-11-29-17)19(26)14-28-20(27)13-24(3)21-22-8-5-9-23-21/h4-6,8-9,11-12H,7,10,13-14H2,1-3H3. The average Bonchev–Trinajstić information content (AvgIpc) is 3.33. The normalized spacial score (nSPS) is 10.7. The number of likely N-dealkylation sites (N-methyl/N-ethyl adjacent to an activating group) is 1. The molecular formula is C21H24N4O3S. The molecule has 0 saturated heterocycles. The van der Waals surface area contributed by atoms with Gasteiger partial charge in [-0.15, -0.1) is 11.3 Å². The van der Waals surface area contributed by atoms with Crippen molar-refractivity contribution in [3.05, 3.63) is 63.9 Å². The quantitative estimate of drug-likeness (QED) is 0.397. The predicted octanol–water partition coefficient (Wildman–Crippen LogP) is 3.06. The van der Waals surface area contributed by atoms with Gasteiger partial charge >= 0.3 is 5.97 Å². The van der Waals surface area contributed by atoms with E-state index in [2.05, 4.69) is 26.0 Å². The lowest BCUT2D eigenvalue weighted by atomic mass is 10.1. The molecule has 0 aliphatic rings. The van der Waals surface area contributed by atoms with E-state index in [0.29, 0.717) is 11.5 Å². The molecule has 0 aromatic carbocycles. The van der Waals surface area contributed by atoms with Gasteiger partial charge in [-0.05, 0) is 43.8 Å². The van der Waals surface area contributed by atoms with Gasteiger partial charge in [0.05, 0.1) is 0 Å². The van der Waals surface area contributed by atoms with E-state index >= 15 is 0 Å². The topological polar surface area (TPSA) is 77.3 Å². The van der Waals surface area contributed by atoms with E-state index < -0.39 is 5.97 Å². The van der Waals surface area contributed by atoms with Crippen molar-refractivity contribution in [2.24, 2.45) is 0 Å². The van der Waals surface area contributed by atoms with Gasteiger partial charge in [0.15, 0.2) is 6.61 Å². The molecule has 0 spiro atoms. The zero-order chi connectivity index (χ0) is 20.8. The molecule has 3 rings (SSSR count). The van der Waals surface area contributed by atoms with Gasteiger partial charge in [0.25, 0.3) is 0 Å². The third-order valence-corrected chi connectivity index (χ3v) is 5.60. The first-order valence-corrected chi connectivity index (χ1v) is 10.2. The Labute approximate surface area is 174 Å². The van der Waals surface area contributed by atoms with E-state index in [4.69, 9.17) is 4.74 Å². The molecule has 8 heteroatoms. The van der Waals surface area contributed by atoms with E-state index in [1.54, 1.807) is 41.7 Å². The number of thiophene rings is 1. The van der Waals surface area contributed by atoms with Crippen molar-refractivity contribution in [2.75, 3.05) is 25.1 Å². The van der Waals surface area contributed by atoms with E-state index in [0.717, 1.165) is 24.4 Å². The van der Waals surface area contributed by atoms with Gasteiger partial charge in [0.1, 0.15) is 6.54 Å². The monoisotopic (exact) mass is 412 g/mol. The number of ether oxygens (including phenoxy) is 1. The van der Waals surface area contributed by atoms with Gasteiger partial charge < -0.3 is 14.2 Å². The minimum atomic E-state index is -0.500. The number of anilines is 1. The van der Waals surface area contributed by atoms with E-state index in [1.807, 2.05) is 26.0 Å². The van der Waals surface area contributed by atoms with Crippen molar-refractivity contribution < 1.29 is 14.3 Å². The van der Waals surface area contributed by atoms with Gasteiger partial charge in [-0.25, -0.2) is 9.97 Å². The van der Waals surface area contributed by atoms with Crippen molar-refractivity contribution in [1.82, 2.24) is 14.5 Å². The van der Waals surface area contributed by atoms with Gasteiger partial charge in [0, 0.05) is 47.8 Å². The molecule has 0 unspecified atom stereocenters. The van der Waals surface area contributed by atoms with Crippen LogP contribution in [0.4, 0.5) is 5.95 Å². The van der Waals surface area contributed by atoms with E-state index in [1.165, 1.54) is 4.88 Å². The molecule has 3 heterocycles. The smallest absolute Gasteiger partial charge is 0.326 e. The summed E-state index contributed by atoms with van der Waals surface area (Å²) in [5, 5.41) is 2.06. The summed E-state index contributed by atoms with van der Waals surface area (Å²) in [6, 6.07) is 7.72. The Morgan fingerprint density at radius 1 is 1.21 bits per heavy atom. The number of esters is 1. The highest BCUT2D eigenvalue weighted by molar-refractivity contribution is 7.09. The molecule has 29 heavy (non-hydrogen) atoms. The Bertz CT molecular complexity index is 967. The van der Waals surface area contributed by atoms with Crippen LogP contribution in [0.5, 0.6) is 0 Å². The van der Waals surface area contributed by atoms with Crippen molar-refractivity contribution in [3.63, 3.8) is 0 Å². The second-order valence-corrected chi connectivity index (χ2v) is 7.79. The fourth-order valence-electron chi connectivity index (χ4n) is 3.13. The molecule has 0 atom stereocenters. The molecule has 152 valence electrons. The predicted molar refractivity (Wildman–Crippen MR) is 113 cm³/mol. The summed E-state index contributed by atoms with van der Waals surface area (Å²) in [6.45, 7) is 4.41. The largest absolute Gasteiger partial charge is 0.456 e. The lowest BCUT2D eigenvalue weighted by Crippen LogP contribution is -2.29. The van der Waals surface area contributed by atoms with Gasteiger partial charge in [-0.2, -0.15) is 0 Å². The minimum Gasteiger partial charge on any atom is -0.456 e. The van der Waals surface area contributed by atoms with Crippen LogP contribution >= 0.6 is 11.3 Å². The fraction of sp³-hybridized carbons (Fsp3) is 0.333. The van der Waals surface area contributed by atoms with Crippen molar-refractivity contribution in [2.45, 2.75) is 26.8 Å². The lowest BCUT2D eigenvalue weighted by Gasteiger charge is -2.15. The Balaban J connectivity index is 1.55. The summed E-state index contributed by atoms with van der Waals surface area (Å²) in [7, 11) is 1.69. The van der Waals surface area contributed by atoms with Crippen LogP contribution in [-0.2, 0) is 22.5 Å². The highest BCUT2D eigenvalue weighted by Crippen LogP contribution is 2.18. The maximum absolute atomic E-state index is 12.6. The number of nitrogens with zero attached hydrogens (tertiary/aromatic N) is 4. The molecule has 0 bridgehead atoms. The number of aromatic nitrogens is 3. The molecule has 0 saturated carbocycles. The summed E-state index contributed by atoms with van der Waals surface area (Å²) in [5.74, 6) is -0.280. The van der Waals surface area contributed by atoms with Crippen LogP contribution in [-0.4, -0.2) is 46.5 Å². The number of hydrogen-bond acceptors (Lipinski definition) is 7. The average molecular weight is 413 g/mol. The molecule has 3 aromatic rings. The van der Waals surface area contributed by atoms with Crippen LogP contribution in [0.3, 0.4) is 0 Å². The summed E-state index contributed by atoms with van der Waals surface area (Å²) in [5.41, 5.74) is 2.52. The van der Waals surface area contributed by atoms with Crippen LogP contribution in [0.2, 0.25) is 0 Å². The Morgan fingerprint density at radius 2 is 1.97 bits per heavy atom. The van der Waals surface area contributed by atoms with Gasteiger partial charge in [-0.3, -0.25) is 9.59 Å². The van der Waals surface area contributed by atoms with Crippen LogP contribution in [0.15, 0.2) is 42.0 Å². The van der Waals surface area contributed by atoms with Crippen molar-refractivity contribution in [3.8, 4) is 0 Å². The number of rotatable bonds is 9. The number of Topliss-reactive ketones (excluding diaryl/α,β-unsaturated/α-hetero) is 1. The highest BCUT2D eigenvalue weighted by Gasteiger charge is 2.18. The van der Waals surface area contributed by atoms with Crippen LogP contribution in [0.25, 0.3) is 0 Å². The SMILES string of the molecule is Cc1cc(C(=O)COC(=O)CN(C)c2ncccn2)c(C)n1CCc1cccs1. The zero-order valence-electron chi connectivity index (χ0n) is 16.8. The maximum atomic E-state index is 12.6. The van der Waals surface area contributed by atoms with E-state index in [9.17, 15) is 9.59 Å². The summed E-state index contributed by atoms with van der Waals surface area (Å²) in [6.07, 6.45) is 4.12. The summed E-state index contributed by atoms with van der Waals surface area (Å²) in [4.78, 5) is 35.7. The molecule has 0 amide bonds. The van der Waals surface area contributed by atoms with Crippen molar-refractivity contribution >= 4 is 29.0 Å². The first kappa shape index (κ1) is 20.7. The molecule has 0 aliphatic carbocycles. The second kappa shape index (κ2) is 9.47. The first-order valence-electron chi connectivity index (χ1n) is 9.31. The Morgan fingerprint density at radius 3 is 2.66 bits per heavy atom. The molecule has 7 nitrogen and oxygen atoms in total. The zero-order valence-corrected chi connectivity index (χ0v) is 17.6. The van der Waals surface area contributed by atoms with Crippen LogP contribution in [0.1, 0.15) is 26.6 Å². The second-order valence-electron chi connectivity index (χ2n) is 6.75. The lowest BCUT2D eigenvalue weighted by molar-refractivity contribution is -0.140. The number of ketones is 1. The Kier molecular flexibility index (Phi) is 6.77. The molecule has 3 aromatic heterocycles. The van der Waals surface area contributed by atoms with Crippen LogP contribution < -0.4 is 4.90 Å². The maximum Gasteiger partial charge on any atom is 0.326 e. The van der Waals surface area contributed by atoms with Gasteiger partial charge in [-0.1, -0.05) is 6.07 Å². The molecule has 0 N–H and O–H groups in total. The number of hydrogen-bond donors (Lipinski definition) is 0. The number of aryl methyl sites for hydroxylation is 2. The van der Waals surface area contributed by atoms with E-state index in [-0.39, 0.29) is 18.9 Å². The van der Waals surface area contributed by atoms with Gasteiger partial charge in [0.2, 0.25) is 11.7 Å².